The first-order valence-electron chi connectivity index (χ1n) is 6.65. The van der Waals surface area contributed by atoms with Crippen LogP contribution in [0.5, 0.6) is 0 Å². The molecule has 0 unspecified atom stereocenters. The summed E-state index contributed by atoms with van der Waals surface area (Å²) in [5.41, 5.74) is 0. The molecule has 2 N–H and O–H groups in total. The molecule has 3 amide bonds. The molecule has 0 bridgehead atoms. The third kappa shape index (κ3) is 2.55. The van der Waals surface area contributed by atoms with Gasteiger partial charge in [-0.05, 0) is 12.1 Å². The molecule has 1 aromatic heterocycles. The molecule has 0 radical (unpaired) electrons. The van der Waals surface area contributed by atoms with Crippen LogP contribution in [0.15, 0.2) is 12.1 Å². The van der Waals surface area contributed by atoms with Crippen LogP contribution < -0.4 is 20.4 Å². The molecule has 3 rings (SSSR count). The Kier molecular flexibility index (Phi) is 3.46. The number of carbonyl (C=O) groups is 2. The molecular formula is C12H16N6O2. The zero-order valence-electron chi connectivity index (χ0n) is 11.0. The number of aromatic nitrogens is 2. The molecule has 8 heteroatoms. The molecule has 0 spiro atoms. The first-order valence-corrected chi connectivity index (χ1v) is 6.65. The van der Waals surface area contributed by atoms with Crippen LogP contribution in [0.4, 0.5) is 16.4 Å². The minimum absolute atomic E-state index is 0.253. The van der Waals surface area contributed by atoms with Crippen molar-refractivity contribution < 1.29 is 9.59 Å². The van der Waals surface area contributed by atoms with E-state index in [1.165, 1.54) is 4.90 Å². The van der Waals surface area contributed by atoms with E-state index in [4.69, 9.17) is 0 Å². The summed E-state index contributed by atoms with van der Waals surface area (Å²) in [6.07, 6.45) is 0.285. The number of anilines is 2. The van der Waals surface area contributed by atoms with Gasteiger partial charge in [-0.1, -0.05) is 0 Å². The maximum atomic E-state index is 11.7. The zero-order valence-corrected chi connectivity index (χ0v) is 11.0. The summed E-state index contributed by atoms with van der Waals surface area (Å²) in [6, 6.07) is 3.18. The van der Waals surface area contributed by atoms with Gasteiger partial charge in [-0.2, -0.15) is 0 Å². The van der Waals surface area contributed by atoms with E-state index in [0.717, 1.165) is 32.0 Å². The second kappa shape index (κ2) is 5.41. The summed E-state index contributed by atoms with van der Waals surface area (Å²) in [5, 5.41) is 13.8. The SMILES string of the molecule is O=C1CCN(c2ccc(N3CCNCC3)nn2)C(=O)N1. The Morgan fingerprint density at radius 1 is 1.00 bits per heavy atom. The maximum absolute atomic E-state index is 11.7. The Morgan fingerprint density at radius 3 is 2.35 bits per heavy atom. The number of hydrogen-bond donors (Lipinski definition) is 2. The summed E-state index contributed by atoms with van der Waals surface area (Å²) >= 11 is 0. The predicted octanol–water partition coefficient (Wildman–Crippen LogP) is -0.667. The van der Waals surface area contributed by atoms with Crippen LogP contribution in [0.2, 0.25) is 0 Å². The summed E-state index contributed by atoms with van der Waals surface area (Å²) in [4.78, 5) is 26.4. The van der Waals surface area contributed by atoms with Crippen LogP contribution in [-0.4, -0.2) is 54.9 Å². The van der Waals surface area contributed by atoms with Crippen molar-refractivity contribution in [2.24, 2.45) is 0 Å². The number of nitrogens with one attached hydrogen (secondary N) is 2. The first-order chi connectivity index (χ1) is 9.74. The van der Waals surface area contributed by atoms with Crippen LogP contribution in [-0.2, 0) is 4.79 Å². The van der Waals surface area contributed by atoms with Crippen LogP contribution in [0.1, 0.15) is 6.42 Å². The molecule has 106 valence electrons. The van der Waals surface area contributed by atoms with Crippen molar-refractivity contribution in [3.63, 3.8) is 0 Å². The van der Waals surface area contributed by atoms with E-state index in [1.807, 2.05) is 6.07 Å². The topological polar surface area (TPSA) is 90.5 Å². The summed E-state index contributed by atoms with van der Waals surface area (Å²) in [7, 11) is 0. The number of nitrogens with zero attached hydrogens (tertiary/aromatic N) is 4. The average molecular weight is 276 g/mol. The lowest BCUT2D eigenvalue weighted by molar-refractivity contribution is -0.120. The molecular weight excluding hydrogens is 260 g/mol. The van der Waals surface area contributed by atoms with Gasteiger partial charge in [-0.15, -0.1) is 10.2 Å². The quantitative estimate of drug-likeness (QED) is 0.744. The molecule has 1 aromatic rings. The van der Waals surface area contributed by atoms with Crippen molar-refractivity contribution in [2.75, 3.05) is 42.5 Å². The second-order valence-corrected chi connectivity index (χ2v) is 4.74. The molecule has 0 aromatic carbocycles. The highest BCUT2D eigenvalue weighted by Gasteiger charge is 2.25. The number of amides is 3. The lowest BCUT2D eigenvalue weighted by atomic mass is 10.3. The van der Waals surface area contributed by atoms with Gasteiger partial charge < -0.3 is 10.2 Å². The lowest BCUT2D eigenvalue weighted by Crippen LogP contribution is -2.50. The molecule has 20 heavy (non-hydrogen) atoms. The summed E-state index contributed by atoms with van der Waals surface area (Å²) in [5.74, 6) is 1.02. The first kappa shape index (κ1) is 12.8. The fraction of sp³-hybridized carbons (Fsp3) is 0.500. The number of imide groups is 1. The van der Waals surface area contributed by atoms with Crippen LogP contribution in [0, 0.1) is 0 Å². The number of piperazine rings is 1. The van der Waals surface area contributed by atoms with E-state index < -0.39 is 6.03 Å². The Hall–Kier alpha value is -2.22. The van der Waals surface area contributed by atoms with Crippen molar-refractivity contribution in [3.05, 3.63) is 12.1 Å². The fourth-order valence-corrected chi connectivity index (χ4v) is 2.31. The monoisotopic (exact) mass is 276 g/mol. The van der Waals surface area contributed by atoms with E-state index in [0.29, 0.717) is 12.4 Å². The molecule has 3 heterocycles. The molecule has 2 aliphatic heterocycles. The highest BCUT2D eigenvalue weighted by atomic mass is 16.2. The van der Waals surface area contributed by atoms with Gasteiger partial charge in [0, 0.05) is 39.1 Å². The largest absolute Gasteiger partial charge is 0.353 e. The van der Waals surface area contributed by atoms with Gasteiger partial charge in [0.15, 0.2) is 11.6 Å². The molecule has 0 aliphatic carbocycles. The Labute approximate surface area is 116 Å². The summed E-state index contributed by atoms with van der Waals surface area (Å²) < 4.78 is 0. The van der Waals surface area contributed by atoms with Crippen LogP contribution in [0.3, 0.4) is 0 Å². The third-order valence-corrected chi connectivity index (χ3v) is 3.41. The van der Waals surface area contributed by atoms with Crippen molar-refractivity contribution in [3.8, 4) is 0 Å². The minimum atomic E-state index is -0.439. The van der Waals surface area contributed by atoms with E-state index in [2.05, 4.69) is 25.7 Å². The average Bonchev–Trinajstić information content (AvgIpc) is 2.48. The van der Waals surface area contributed by atoms with E-state index in [9.17, 15) is 9.59 Å². The molecule has 8 nitrogen and oxygen atoms in total. The Morgan fingerprint density at radius 2 is 1.70 bits per heavy atom. The fourth-order valence-electron chi connectivity index (χ4n) is 2.31. The van der Waals surface area contributed by atoms with Gasteiger partial charge >= 0.3 is 6.03 Å². The number of urea groups is 1. The highest BCUT2D eigenvalue weighted by molar-refractivity contribution is 6.05. The molecule has 0 atom stereocenters. The summed E-state index contributed by atoms with van der Waals surface area (Å²) in [6.45, 7) is 3.99. The van der Waals surface area contributed by atoms with Gasteiger partial charge in [-0.25, -0.2) is 4.79 Å². The van der Waals surface area contributed by atoms with Crippen LogP contribution in [0.25, 0.3) is 0 Å². The van der Waals surface area contributed by atoms with Crippen molar-refractivity contribution >= 4 is 23.6 Å². The van der Waals surface area contributed by atoms with E-state index >= 15 is 0 Å². The maximum Gasteiger partial charge on any atom is 0.329 e. The van der Waals surface area contributed by atoms with Crippen molar-refractivity contribution in [1.29, 1.82) is 0 Å². The molecule has 2 aliphatic rings. The normalized spacial score (nSPS) is 20.0. The van der Waals surface area contributed by atoms with Crippen LogP contribution >= 0.6 is 0 Å². The van der Waals surface area contributed by atoms with E-state index in [1.54, 1.807) is 6.07 Å². The molecule has 0 saturated carbocycles. The number of carbonyl (C=O) groups excluding carboxylic acids is 2. The third-order valence-electron chi connectivity index (χ3n) is 3.41. The van der Waals surface area contributed by atoms with E-state index in [-0.39, 0.29) is 12.3 Å². The second-order valence-electron chi connectivity index (χ2n) is 4.74. The Bertz CT molecular complexity index is 511. The standard InChI is InChI=1S/C12H16N6O2/c19-11-3-6-18(12(20)14-11)10-2-1-9(15-16-10)17-7-4-13-5-8-17/h1-2,13H,3-8H2,(H,14,19,20). The number of hydrogen-bond acceptors (Lipinski definition) is 6. The zero-order chi connectivity index (χ0) is 13.9. The van der Waals surface area contributed by atoms with Crippen molar-refractivity contribution in [2.45, 2.75) is 6.42 Å². The minimum Gasteiger partial charge on any atom is -0.353 e. The number of rotatable bonds is 2. The molecule has 2 saturated heterocycles. The van der Waals surface area contributed by atoms with Gasteiger partial charge in [0.1, 0.15) is 0 Å². The molecule has 2 fully saturated rings. The van der Waals surface area contributed by atoms with Gasteiger partial charge in [0.2, 0.25) is 5.91 Å². The van der Waals surface area contributed by atoms with Crippen molar-refractivity contribution in [1.82, 2.24) is 20.8 Å². The van der Waals surface area contributed by atoms with Gasteiger partial charge in [0.25, 0.3) is 0 Å². The lowest BCUT2D eigenvalue weighted by Gasteiger charge is -2.29. The Balaban J connectivity index is 1.72. The highest BCUT2D eigenvalue weighted by Crippen LogP contribution is 2.17. The van der Waals surface area contributed by atoms with Gasteiger partial charge in [-0.3, -0.25) is 15.0 Å². The predicted molar refractivity (Wildman–Crippen MR) is 72.6 cm³/mol. The smallest absolute Gasteiger partial charge is 0.329 e. The van der Waals surface area contributed by atoms with Gasteiger partial charge in [0.05, 0.1) is 0 Å².